The van der Waals surface area contributed by atoms with Gasteiger partial charge in [0.05, 0.1) is 12.5 Å². The summed E-state index contributed by atoms with van der Waals surface area (Å²) in [5, 5.41) is 2.29. The zero-order chi connectivity index (χ0) is 15.2. The molecule has 1 rings (SSSR count). The lowest BCUT2D eigenvalue weighted by atomic mass is 10.0. The third kappa shape index (κ3) is 6.56. The molecule has 0 radical (unpaired) electrons. The van der Waals surface area contributed by atoms with E-state index in [4.69, 9.17) is 5.73 Å². The Balaban J connectivity index is 2.36. The Bertz CT molecular complexity index is 420. The molecular formula is C14H19F3N2O. The Labute approximate surface area is 116 Å². The highest BCUT2D eigenvalue weighted by Gasteiger charge is 2.31. The van der Waals surface area contributed by atoms with Gasteiger partial charge in [0, 0.05) is 6.04 Å². The first-order valence-corrected chi connectivity index (χ1v) is 6.44. The third-order valence-corrected chi connectivity index (χ3v) is 2.85. The van der Waals surface area contributed by atoms with E-state index in [9.17, 15) is 18.0 Å². The summed E-state index contributed by atoms with van der Waals surface area (Å²) in [6.45, 7) is 1.31. The highest BCUT2D eigenvalue weighted by atomic mass is 19.4. The normalized spacial score (nSPS) is 14.7. The van der Waals surface area contributed by atoms with Crippen molar-refractivity contribution < 1.29 is 18.0 Å². The van der Waals surface area contributed by atoms with Crippen LogP contribution in [0.4, 0.5) is 13.2 Å². The van der Waals surface area contributed by atoms with Gasteiger partial charge in [-0.05, 0) is 25.3 Å². The third-order valence-electron chi connectivity index (χ3n) is 2.85. The number of rotatable bonds is 6. The largest absolute Gasteiger partial charge is 0.391 e. The average molecular weight is 288 g/mol. The topological polar surface area (TPSA) is 55.1 Å². The molecule has 2 atom stereocenters. The number of alkyl halides is 3. The van der Waals surface area contributed by atoms with Gasteiger partial charge in [-0.2, -0.15) is 13.2 Å². The van der Waals surface area contributed by atoms with E-state index in [-0.39, 0.29) is 0 Å². The van der Waals surface area contributed by atoms with Crippen LogP contribution in [0, 0.1) is 0 Å². The molecule has 1 aromatic rings. The van der Waals surface area contributed by atoms with Crippen molar-refractivity contribution in [2.75, 3.05) is 0 Å². The highest BCUT2D eigenvalue weighted by molar-refractivity contribution is 5.81. The first-order chi connectivity index (χ1) is 9.28. The zero-order valence-corrected chi connectivity index (χ0v) is 11.3. The van der Waals surface area contributed by atoms with Crippen LogP contribution in [0.3, 0.4) is 0 Å². The molecule has 1 aromatic carbocycles. The Morgan fingerprint density at radius 2 is 1.90 bits per heavy atom. The number of carbonyl (C=O) groups is 1. The summed E-state index contributed by atoms with van der Waals surface area (Å²) in [6.07, 6.45) is -4.33. The smallest absolute Gasteiger partial charge is 0.352 e. The van der Waals surface area contributed by atoms with Crippen LogP contribution in [-0.4, -0.2) is 24.2 Å². The minimum absolute atomic E-state index is 0.397. The average Bonchev–Trinajstić information content (AvgIpc) is 2.34. The fourth-order valence-corrected chi connectivity index (χ4v) is 1.85. The van der Waals surface area contributed by atoms with Gasteiger partial charge in [-0.15, -0.1) is 0 Å². The summed E-state index contributed by atoms with van der Waals surface area (Å²) in [5.41, 5.74) is 6.72. The maximum Gasteiger partial charge on any atom is 0.391 e. The number of hydrogen-bond donors (Lipinski definition) is 2. The quantitative estimate of drug-likeness (QED) is 0.844. The van der Waals surface area contributed by atoms with Gasteiger partial charge in [0.2, 0.25) is 5.91 Å². The van der Waals surface area contributed by atoms with Crippen molar-refractivity contribution >= 4 is 5.91 Å². The Hall–Kier alpha value is -1.56. The van der Waals surface area contributed by atoms with Gasteiger partial charge in [-0.1, -0.05) is 30.3 Å². The predicted octanol–water partition coefficient (Wildman–Crippen LogP) is 2.40. The van der Waals surface area contributed by atoms with Crippen molar-refractivity contribution in [1.29, 1.82) is 0 Å². The van der Waals surface area contributed by atoms with Crippen molar-refractivity contribution in [2.45, 2.75) is 44.4 Å². The van der Waals surface area contributed by atoms with Gasteiger partial charge in [-0.25, -0.2) is 0 Å². The molecular weight excluding hydrogens is 269 g/mol. The molecule has 3 N–H and O–H groups in total. The van der Waals surface area contributed by atoms with Crippen molar-refractivity contribution in [1.82, 2.24) is 5.32 Å². The van der Waals surface area contributed by atoms with Crippen molar-refractivity contribution in [3.8, 4) is 0 Å². The van der Waals surface area contributed by atoms with Gasteiger partial charge in [0.25, 0.3) is 0 Å². The Kier molecular flexibility index (Phi) is 6.01. The molecule has 3 nitrogen and oxygen atoms in total. The molecule has 0 aliphatic heterocycles. The minimum Gasteiger partial charge on any atom is -0.352 e. The lowest BCUT2D eigenvalue weighted by molar-refractivity contribution is -0.141. The number of amides is 1. The molecule has 0 aromatic heterocycles. The molecule has 1 unspecified atom stereocenters. The molecule has 0 aliphatic carbocycles. The molecule has 0 bridgehead atoms. The number of carbonyl (C=O) groups excluding carboxylic acids is 1. The lowest BCUT2D eigenvalue weighted by Gasteiger charge is -2.18. The van der Waals surface area contributed by atoms with E-state index in [1.165, 1.54) is 6.92 Å². The van der Waals surface area contributed by atoms with Crippen LogP contribution in [-0.2, 0) is 11.2 Å². The summed E-state index contributed by atoms with van der Waals surface area (Å²) >= 11 is 0. The minimum atomic E-state index is -4.29. The molecule has 0 aliphatic rings. The SMILES string of the molecule is CC(CC(F)(F)F)NC(=O)[C@@H](N)CCc1ccccc1. The van der Waals surface area contributed by atoms with Crippen LogP contribution in [0.15, 0.2) is 30.3 Å². The molecule has 0 spiro atoms. The lowest BCUT2D eigenvalue weighted by Crippen LogP contribution is -2.45. The maximum atomic E-state index is 12.1. The number of nitrogens with two attached hydrogens (primary N) is 1. The van der Waals surface area contributed by atoms with Gasteiger partial charge in [-0.3, -0.25) is 4.79 Å². The van der Waals surface area contributed by atoms with Gasteiger partial charge >= 0.3 is 6.18 Å². The van der Waals surface area contributed by atoms with E-state index in [0.717, 1.165) is 5.56 Å². The number of benzene rings is 1. The Morgan fingerprint density at radius 3 is 2.45 bits per heavy atom. The molecule has 0 heterocycles. The zero-order valence-electron chi connectivity index (χ0n) is 11.3. The molecule has 20 heavy (non-hydrogen) atoms. The highest BCUT2D eigenvalue weighted by Crippen LogP contribution is 2.21. The first-order valence-electron chi connectivity index (χ1n) is 6.44. The Morgan fingerprint density at radius 1 is 1.30 bits per heavy atom. The van der Waals surface area contributed by atoms with Crippen LogP contribution in [0.25, 0.3) is 0 Å². The van der Waals surface area contributed by atoms with Gasteiger partial charge < -0.3 is 11.1 Å². The second-order valence-corrected chi connectivity index (χ2v) is 4.86. The molecule has 0 saturated carbocycles. The predicted molar refractivity (Wildman–Crippen MR) is 71.0 cm³/mol. The molecule has 0 saturated heterocycles. The van der Waals surface area contributed by atoms with E-state index in [1.807, 2.05) is 30.3 Å². The van der Waals surface area contributed by atoms with Crippen molar-refractivity contribution in [2.24, 2.45) is 5.73 Å². The van der Waals surface area contributed by atoms with Crippen LogP contribution in [0.2, 0.25) is 0 Å². The number of nitrogens with one attached hydrogen (secondary N) is 1. The molecule has 6 heteroatoms. The van der Waals surface area contributed by atoms with Gasteiger partial charge in [0.1, 0.15) is 0 Å². The van der Waals surface area contributed by atoms with E-state index in [1.54, 1.807) is 0 Å². The van der Waals surface area contributed by atoms with Crippen LogP contribution >= 0.6 is 0 Å². The van der Waals surface area contributed by atoms with E-state index in [2.05, 4.69) is 5.32 Å². The van der Waals surface area contributed by atoms with Crippen molar-refractivity contribution in [3.63, 3.8) is 0 Å². The maximum absolute atomic E-state index is 12.1. The van der Waals surface area contributed by atoms with E-state index in [0.29, 0.717) is 12.8 Å². The molecule has 1 amide bonds. The van der Waals surface area contributed by atoms with Gasteiger partial charge in [0.15, 0.2) is 0 Å². The summed E-state index contributed by atoms with van der Waals surface area (Å²) in [4.78, 5) is 11.7. The van der Waals surface area contributed by atoms with Crippen LogP contribution < -0.4 is 11.1 Å². The van der Waals surface area contributed by atoms with Crippen LogP contribution in [0.1, 0.15) is 25.3 Å². The number of halogens is 3. The van der Waals surface area contributed by atoms with Crippen LogP contribution in [0.5, 0.6) is 0 Å². The monoisotopic (exact) mass is 288 g/mol. The van der Waals surface area contributed by atoms with Crippen molar-refractivity contribution in [3.05, 3.63) is 35.9 Å². The van der Waals surface area contributed by atoms with E-state index < -0.39 is 30.6 Å². The second kappa shape index (κ2) is 7.28. The summed E-state index contributed by atoms with van der Waals surface area (Å²) in [7, 11) is 0. The fourth-order valence-electron chi connectivity index (χ4n) is 1.85. The molecule has 0 fully saturated rings. The fraction of sp³-hybridized carbons (Fsp3) is 0.500. The summed E-state index contributed by atoms with van der Waals surface area (Å²) in [5.74, 6) is -0.544. The molecule has 112 valence electrons. The summed E-state index contributed by atoms with van der Waals surface area (Å²) < 4.78 is 36.4. The summed E-state index contributed by atoms with van der Waals surface area (Å²) in [6, 6.07) is 7.71. The number of aryl methyl sites for hydroxylation is 1. The van der Waals surface area contributed by atoms with E-state index >= 15 is 0 Å². The standard InChI is InChI=1S/C14H19F3N2O/c1-10(9-14(15,16)17)19-13(20)12(18)8-7-11-5-3-2-4-6-11/h2-6,10,12H,7-9,18H2,1H3,(H,19,20)/t10?,12-/m0/s1. The first kappa shape index (κ1) is 16.5. The second-order valence-electron chi connectivity index (χ2n) is 4.86. The number of hydrogen-bond acceptors (Lipinski definition) is 2.